The highest BCUT2D eigenvalue weighted by Gasteiger charge is 2.36. The molecule has 2 aliphatic heterocycles. The van der Waals surface area contributed by atoms with Crippen molar-refractivity contribution in [1.82, 2.24) is 10.2 Å². The number of methoxy groups -OCH3 is 1. The van der Waals surface area contributed by atoms with Crippen LogP contribution < -0.4 is 10.1 Å². The van der Waals surface area contributed by atoms with Crippen LogP contribution in [0.4, 0.5) is 0 Å². The van der Waals surface area contributed by atoms with Crippen LogP contribution in [0, 0.1) is 5.41 Å². The summed E-state index contributed by atoms with van der Waals surface area (Å²) in [5.41, 5.74) is 1.53. The molecule has 0 saturated carbocycles. The number of hydrogen-bond donors (Lipinski definition) is 1. The molecule has 0 aliphatic carbocycles. The van der Waals surface area contributed by atoms with E-state index in [9.17, 15) is 4.79 Å². The van der Waals surface area contributed by atoms with Crippen molar-refractivity contribution in [2.75, 3.05) is 33.3 Å². The van der Waals surface area contributed by atoms with Crippen molar-refractivity contribution in [3.05, 3.63) is 29.8 Å². The Kier molecular flexibility index (Phi) is 6.31. The Morgan fingerprint density at radius 3 is 2.57 bits per heavy atom. The summed E-state index contributed by atoms with van der Waals surface area (Å²) in [6, 6.07) is 7.81. The molecule has 23 heavy (non-hydrogen) atoms. The molecule has 4 nitrogen and oxygen atoms in total. The molecule has 1 spiro atoms. The number of rotatable bonds is 3. The Balaban J connectivity index is 0.00000192. The summed E-state index contributed by atoms with van der Waals surface area (Å²) < 4.78 is 5.23. The van der Waals surface area contributed by atoms with Gasteiger partial charge in [-0.1, -0.05) is 12.1 Å². The number of carbonyl (C=O) groups is 1. The van der Waals surface area contributed by atoms with Crippen LogP contribution >= 0.6 is 12.4 Å². The van der Waals surface area contributed by atoms with Crippen LogP contribution in [0.25, 0.3) is 0 Å². The van der Waals surface area contributed by atoms with E-state index in [1.54, 1.807) is 7.11 Å². The number of ether oxygens (including phenoxy) is 1. The highest BCUT2D eigenvalue weighted by Crippen LogP contribution is 2.39. The molecular weight excluding hydrogens is 312 g/mol. The molecule has 3 rings (SSSR count). The SMILES string of the molecule is COc1cccc(CC(=O)N2CCC3(CCNCC3)CC2)c1.Cl. The third-order valence-electron chi connectivity index (χ3n) is 5.33. The molecule has 2 aliphatic rings. The first-order valence-electron chi connectivity index (χ1n) is 8.32. The average molecular weight is 339 g/mol. The minimum Gasteiger partial charge on any atom is -0.497 e. The lowest BCUT2D eigenvalue weighted by atomic mass is 9.71. The third kappa shape index (κ3) is 4.39. The molecule has 1 N–H and O–H groups in total. The Hall–Kier alpha value is -1.26. The molecule has 0 aromatic heterocycles. The molecular formula is C18H27ClN2O2. The summed E-state index contributed by atoms with van der Waals surface area (Å²) >= 11 is 0. The number of nitrogens with zero attached hydrogens (tertiary/aromatic N) is 1. The average Bonchev–Trinajstić information content (AvgIpc) is 2.56. The summed E-state index contributed by atoms with van der Waals surface area (Å²) in [4.78, 5) is 14.6. The summed E-state index contributed by atoms with van der Waals surface area (Å²) in [5, 5.41) is 3.44. The van der Waals surface area contributed by atoms with Gasteiger partial charge >= 0.3 is 0 Å². The first-order chi connectivity index (χ1) is 10.7. The quantitative estimate of drug-likeness (QED) is 0.921. The first-order valence-corrected chi connectivity index (χ1v) is 8.32. The van der Waals surface area contributed by atoms with Crippen molar-refractivity contribution >= 4 is 18.3 Å². The number of benzene rings is 1. The van der Waals surface area contributed by atoms with E-state index in [-0.39, 0.29) is 18.3 Å². The number of nitrogens with one attached hydrogen (secondary N) is 1. The van der Waals surface area contributed by atoms with Gasteiger partial charge in [0.2, 0.25) is 5.91 Å². The maximum atomic E-state index is 12.5. The fraction of sp³-hybridized carbons (Fsp3) is 0.611. The largest absolute Gasteiger partial charge is 0.497 e. The minimum atomic E-state index is 0. The van der Waals surface area contributed by atoms with Gasteiger partial charge < -0.3 is 15.0 Å². The van der Waals surface area contributed by atoms with Crippen LogP contribution in [0.3, 0.4) is 0 Å². The van der Waals surface area contributed by atoms with E-state index in [1.807, 2.05) is 29.2 Å². The normalized spacial score (nSPS) is 20.0. The second-order valence-electron chi connectivity index (χ2n) is 6.66. The lowest BCUT2D eigenvalue weighted by molar-refractivity contribution is -0.133. The highest BCUT2D eigenvalue weighted by molar-refractivity contribution is 5.85. The van der Waals surface area contributed by atoms with Gasteiger partial charge in [-0.15, -0.1) is 12.4 Å². The molecule has 2 heterocycles. The van der Waals surface area contributed by atoms with E-state index in [4.69, 9.17) is 4.74 Å². The molecule has 128 valence electrons. The number of piperidine rings is 2. The molecule has 0 bridgehead atoms. The smallest absolute Gasteiger partial charge is 0.226 e. The number of likely N-dealkylation sites (tertiary alicyclic amines) is 1. The number of hydrogen-bond acceptors (Lipinski definition) is 3. The van der Waals surface area contributed by atoms with Gasteiger partial charge in [0.05, 0.1) is 13.5 Å². The second kappa shape index (κ2) is 8.02. The Morgan fingerprint density at radius 2 is 1.91 bits per heavy atom. The maximum Gasteiger partial charge on any atom is 0.226 e. The predicted molar refractivity (Wildman–Crippen MR) is 94.3 cm³/mol. The number of halogens is 1. The molecule has 2 saturated heterocycles. The fourth-order valence-electron chi connectivity index (χ4n) is 3.76. The predicted octanol–water partition coefficient (Wildman–Crippen LogP) is 2.65. The van der Waals surface area contributed by atoms with Gasteiger partial charge in [0.15, 0.2) is 0 Å². The summed E-state index contributed by atoms with van der Waals surface area (Å²) in [5.74, 6) is 1.06. The zero-order valence-electron chi connectivity index (χ0n) is 13.8. The van der Waals surface area contributed by atoms with Crippen LogP contribution in [0.2, 0.25) is 0 Å². The van der Waals surface area contributed by atoms with Gasteiger partial charge in [-0.05, 0) is 61.9 Å². The maximum absolute atomic E-state index is 12.5. The first kappa shape index (κ1) is 18.1. The van der Waals surface area contributed by atoms with Crippen LogP contribution in [-0.2, 0) is 11.2 Å². The summed E-state index contributed by atoms with van der Waals surface area (Å²) in [6.07, 6.45) is 5.35. The Morgan fingerprint density at radius 1 is 1.22 bits per heavy atom. The van der Waals surface area contributed by atoms with Crippen molar-refractivity contribution in [2.45, 2.75) is 32.1 Å². The Labute approximate surface area is 145 Å². The van der Waals surface area contributed by atoms with Gasteiger partial charge in [-0.25, -0.2) is 0 Å². The number of carbonyl (C=O) groups excluding carboxylic acids is 1. The molecule has 1 amide bonds. The number of amides is 1. The molecule has 5 heteroatoms. The Bertz CT molecular complexity index is 520. The van der Waals surface area contributed by atoms with Crippen molar-refractivity contribution in [2.24, 2.45) is 5.41 Å². The standard InChI is InChI=1S/C18H26N2O2.ClH/c1-22-16-4-2-3-15(13-16)14-17(21)20-11-7-18(8-12-20)5-9-19-10-6-18;/h2-4,13,19H,5-12,14H2,1H3;1H. The highest BCUT2D eigenvalue weighted by atomic mass is 35.5. The molecule has 0 unspecified atom stereocenters. The van der Waals surface area contributed by atoms with Crippen molar-refractivity contribution in [1.29, 1.82) is 0 Å². The van der Waals surface area contributed by atoms with Gasteiger partial charge in [0.1, 0.15) is 5.75 Å². The lowest BCUT2D eigenvalue weighted by Crippen LogP contribution is -2.47. The van der Waals surface area contributed by atoms with Gasteiger partial charge in [0.25, 0.3) is 0 Å². The topological polar surface area (TPSA) is 41.6 Å². The lowest BCUT2D eigenvalue weighted by Gasteiger charge is -2.44. The van der Waals surface area contributed by atoms with E-state index in [2.05, 4.69) is 5.32 Å². The van der Waals surface area contributed by atoms with Crippen LogP contribution in [-0.4, -0.2) is 44.1 Å². The third-order valence-corrected chi connectivity index (χ3v) is 5.33. The van der Waals surface area contributed by atoms with E-state index in [1.165, 1.54) is 25.7 Å². The molecule has 1 aromatic carbocycles. The van der Waals surface area contributed by atoms with Crippen LogP contribution in [0.1, 0.15) is 31.2 Å². The van der Waals surface area contributed by atoms with Crippen LogP contribution in [0.5, 0.6) is 5.75 Å². The summed E-state index contributed by atoms with van der Waals surface area (Å²) in [7, 11) is 1.66. The van der Waals surface area contributed by atoms with Gasteiger partial charge in [-0.3, -0.25) is 4.79 Å². The van der Waals surface area contributed by atoms with E-state index < -0.39 is 0 Å². The van der Waals surface area contributed by atoms with Gasteiger partial charge in [-0.2, -0.15) is 0 Å². The molecule has 0 radical (unpaired) electrons. The van der Waals surface area contributed by atoms with Gasteiger partial charge in [0, 0.05) is 13.1 Å². The van der Waals surface area contributed by atoms with E-state index in [0.29, 0.717) is 11.8 Å². The van der Waals surface area contributed by atoms with E-state index >= 15 is 0 Å². The second-order valence-corrected chi connectivity index (χ2v) is 6.66. The monoisotopic (exact) mass is 338 g/mol. The minimum absolute atomic E-state index is 0. The van der Waals surface area contributed by atoms with Crippen molar-refractivity contribution in [3.8, 4) is 5.75 Å². The molecule has 0 atom stereocenters. The zero-order valence-corrected chi connectivity index (χ0v) is 14.7. The van der Waals surface area contributed by atoms with Crippen molar-refractivity contribution < 1.29 is 9.53 Å². The molecule has 2 fully saturated rings. The van der Waals surface area contributed by atoms with E-state index in [0.717, 1.165) is 37.5 Å². The van der Waals surface area contributed by atoms with Crippen LogP contribution in [0.15, 0.2) is 24.3 Å². The fourth-order valence-corrected chi connectivity index (χ4v) is 3.76. The summed E-state index contributed by atoms with van der Waals surface area (Å²) in [6.45, 7) is 4.11. The van der Waals surface area contributed by atoms with Crippen molar-refractivity contribution in [3.63, 3.8) is 0 Å². The molecule has 1 aromatic rings. The zero-order chi connectivity index (χ0) is 15.4.